The normalized spacial score (nSPS) is 11.2. The molecule has 1 heterocycles. The zero-order chi connectivity index (χ0) is 11.7. The molecule has 1 aromatic heterocycles. The van der Waals surface area contributed by atoms with E-state index in [1.807, 2.05) is 12.1 Å². The summed E-state index contributed by atoms with van der Waals surface area (Å²) in [5.74, 6) is 0.955. The van der Waals surface area contributed by atoms with Crippen molar-refractivity contribution in [3.8, 4) is 0 Å². The Morgan fingerprint density at radius 1 is 1.44 bits per heavy atom. The van der Waals surface area contributed by atoms with E-state index in [-0.39, 0.29) is 0 Å². The minimum Gasteiger partial charge on any atom is -0.458 e. The standard InChI is InChI=1S/C12H13BrClNO/c1-3-15-6-11-7(2)9-4-8(13)5-10(14)12(9)16-11/h4-5,15H,3,6H2,1-2H3. The second-order valence-electron chi connectivity index (χ2n) is 3.69. The highest BCUT2D eigenvalue weighted by molar-refractivity contribution is 9.10. The lowest BCUT2D eigenvalue weighted by Gasteiger charge is -1.97. The molecule has 1 aromatic carbocycles. The van der Waals surface area contributed by atoms with E-state index in [9.17, 15) is 0 Å². The Morgan fingerprint density at radius 3 is 2.88 bits per heavy atom. The van der Waals surface area contributed by atoms with E-state index in [4.69, 9.17) is 16.0 Å². The Kier molecular flexibility index (Phi) is 3.57. The van der Waals surface area contributed by atoms with Crippen LogP contribution in [0.1, 0.15) is 18.2 Å². The molecule has 1 N–H and O–H groups in total. The first-order chi connectivity index (χ1) is 7.63. The van der Waals surface area contributed by atoms with E-state index in [0.717, 1.165) is 39.9 Å². The summed E-state index contributed by atoms with van der Waals surface area (Å²) in [6, 6.07) is 3.89. The number of furan rings is 1. The molecule has 2 aromatic rings. The summed E-state index contributed by atoms with van der Waals surface area (Å²) < 4.78 is 6.75. The van der Waals surface area contributed by atoms with Crippen molar-refractivity contribution in [3.63, 3.8) is 0 Å². The summed E-state index contributed by atoms with van der Waals surface area (Å²) in [5, 5.41) is 4.98. The molecule has 0 aliphatic carbocycles. The highest BCUT2D eigenvalue weighted by atomic mass is 79.9. The maximum atomic E-state index is 6.14. The highest BCUT2D eigenvalue weighted by Gasteiger charge is 2.13. The molecule has 2 rings (SSSR count). The fourth-order valence-electron chi connectivity index (χ4n) is 1.70. The summed E-state index contributed by atoms with van der Waals surface area (Å²) in [4.78, 5) is 0. The van der Waals surface area contributed by atoms with Gasteiger partial charge >= 0.3 is 0 Å². The van der Waals surface area contributed by atoms with Crippen molar-refractivity contribution in [2.75, 3.05) is 6.54 Å². The van der Waals surface area contributed by atoms with Crippen LogP contribution in [0, 0.1) is 6.92 Å². The molecule has 0 radical (unpaired) electrons. The Labute approximate surface area is 108 Å². The van der Waals surface area contributed by atoms with Gasteiger partial charge in [0.05, 0.1) is 11.6 Å². The van der Waals surface area contributed by atoms with Crippen LogP contribution in [0.25, 0.3) is 11.0 Å². The lowest BCUT2D eigenvalue weighted by atomic mass is 10.1. The zero-order valence-corrected chi connectivity index (χ0v) is 11.6. The van der Waals surface area contributed by atoms with Crippen molar-refractivity contribution in [2.24, 2.45) is 0 Å². The quantitative estimate of drug-likeness (QED) is 0.916. The lowest BCUT2D eigenvalue weighted by Crippen LogP contribution is -2.11. The van der Waals surface area contributed by atoms with Crippen LogP contribution in [0.15, 0.2) is 21.0 Å². The fraction of sp³-hybridized carbons (Fsp3) is 0.333. The molecule has 0 aliphatic rings. The second-order valence-corrected chi connectivity index (χ2v) is 5.02. The number of hydrogen-bond donors (Lipinski definition) is 1. The predicted molar refractivity (Wildman–Crippen MR) is 71.0 cm³/mol. The van der Waals surface area contributed by atoms with Gasteiger partial charge in [-0.15, -0.1) is 0 Å². The Hall–Kier alpha value is -0.510. The molecule has 0 saturated heterocycles. The molecule has 0 spiro atoms. The van der Waals surface area contributed by atoms with Gasteiger partial charge in [-0.2, -0.15) is 0 Å². The van der Waals surface area contributed by atoms with Crippen LogP contribution in [0.5, 0.6) is 0 Å². The molecular formula is C12H13BrClNO. The molecule has 0 aliphatic heterocycles. The van der Waals surface area contributed by atoms with Crippen molar-refractivity contribution in [3.05, 3.63) is 33.0 Å². The number of aryl methyl sites for hydroxylation is 1. The van der Waals surface area contributed by atoms with Crippen molar-refractivity contribution in [2.45, 2.75) is 20.4 Å². The topological polar surface area (TPSA) is 25.2 Å². The molecule has 0 atom stereocenters. The number of halogens is 2. The van der Waals surface area contributed by atoms with Crippen LogP contribution in [0.3, 0.4) is 0 Å². The zero-order valence-electron chi connectivity index (χ0n) is 9.23. The van der Waals surface area contributed by atoms with E-state index in [2.05, 4.69) is 35.1 Å². The Morgan fingerprint density at radius 2 is 2.19 bits per heavy atom. The third kappa shape index (κ3) is 2.12. The average molecular weight is 303 g/mol. The molecule has 0 amide bonds. The van der Waals surface area contributed by atoms with Gasteiger partial charge in [0, 0.05) is 9.86 Å². The minimum absolute atomic E-state index is 0.648. The maximum absolute atomic E-state index is 6.14. The molecule has 2 nitrogen and oxygen atoms in total. The van der Waals surface area contributed by atoms with Gasteiger partial charge in [0.25, 0.3) is 0 Å². The smallest absolute Gasteiger partial charge is 0.153 e. The van der Waals surface area contributed by atoms with Gasteiger partial charge in [0.2, 0.25) is 0 Å². The number of rotatable bonds is 3. The van der Waals surface area contributed by atoms with Gasteiger partial charge in [-0.3, -0.25) is 0 Å². The first kappa shape index (κ1) is 12.0. The molecule has 86 valence electrons. The summed E-state index contributed by atoms with van der Waals surface area (Å²) in [5.41, 5.74) is 1.93. The Bertz CT molecular complexity index is 521. The molecule has 0 unspecified atom stereocenters. The van der Waals surface area contributed by atoms with Crippen LogP contribution in [0.4, 0.5) is 0 Å². The van der Waals surface area contributed by atoms with Crippen LogP contribution >= 0.6 is 27.5 Å². The number of hydrogen-bond acceptors (Lipinski definition) is 2. The number of benzene rings is 1. The van der Waals surface area contributed by atoms with Crippen molar-refractivity contribution >= 4 is 38.5 Å². The third-order valence-corrected chi connectivity index (χ3v) is 3.33. The van der Waals surface area contributed by atoms with E-state index in [1.54, 1.807) is 0 Å². The van der Waals surface area contributed by atoms with Gasteiger partial charge in [-0.1, -0.05) is 34.5 Å². The largest absolute Gasteiger partial charge is 0.458 e. The third-order valence-electron chi connectivity index (χ3n) is 2.59. The minimum atomic E-state index is 0.648. The second kappa shape index (κ2) is 4.78. The number of fused-ring (bicyclic) bond motifs is 1. The predicted octanol–water partition coefficient (Wildman–Crippen LogP) is 4.27. The van der Waals surface area contributed by atoms with Crippen molar-refractivity contribution < 1.29 is 4.42 Å². The maximum Gasteiger partial charge on any atom is 0.153 e. The molecule has 4 heteroatoms. The van der Waals surface area contributed by atoms with Crippen LogP contribution < -0.4 is 5.32 Å². The summed E-state index contributed by atoms with van der Waals surface area (Å²) in [6.45, 7) is 5.79. The number of nitrogens with one attached hydrogen (secondary N) is 1. The SMILES string of the molecule is CCNCc1oc2c(Cl)cc(Br)cc2c1C. The molecular weight excluding hydrogens is 289 g/mol. The van der Waals surface area contributed by atoms with Gasteiger partial charge in [-0.05, 0) is 31.2 Å². The monoisotopic (exact) mass is 301 g/mol. The average Bonchev–Trinajstić information content (AvgIpc) is 2.54. The molecule has 16 heavy (non-hydrogen) atoms. The van der Waals surface area contributed by atoms with Gasteiger partial charge in [0.1, 0.15) is 5.76 Å². The van der Waals surface area contributed by atoms with Crippen LogP contribution in [-0.4, -0.2) is 6.54 Å². The van der Waals surface area contributed by atoms with Gasteiger partial charge in [-0.25, -0.2) is 0 Å². The lowest BCUT2D eigenvalue weighted by molar-refractivity contribution is 0.516. The van der Waals surface area contributed by atoms with Crippen LogP contribution in [0.2, 0.25) is 5.02 Å². The van der Waals surface area contributed by atoms with Crippen molar-refractivity contribution in [1.29, 1.82) is 0 Å². The summed E-state index contributed by atoms with van der Waals surface area (Å²) in [6.07, 6.45) is 0. The summed E-state index contributed by atoms with van der Waals surface area (Å²) in [7, 11) is 0. The molecule has 0 fully saturated rings. The first-order valence-electron chi connectivity index (χ1n) is 5.21. The van der Waals surface area contributed by atoms with Gasteiger partial charge in [0.15, 0.2) is 5.58 Å². The first-order valence-corrected chi connectivity index (χ1v) is 6.38. The summed E-state index contributed by atoms with van der Waals surface area (Å²) >= 11 is 9.58. The van der Waals surface area contributed by atoms with E-state index >= 15 is 0 Å². The molecule has 0 saturated carbocycles. The molecule has 0 bridgehead atoms. The van der Waals surface area contributed by atoms with Gasteiger partial charge < -0.3 is 9.73 Å². The highest BCUT2D eigenvalue weighted by Crippen LogP contribution is 2.33. The fourth-order valence-corrected chi connectivity index (χ4v) is 2.55. The van der Waals surface area contributed by atoms with Crippen molar-refractivity contribution in [1.82, 2.24) is 5.32 Å². The Balaban J connectivity index is 2.54. The van der Waals surface area contributed by atoms with Crippen LogP contribution in [-0.2, 0) is 6.54 Å². The van der Waals surface area contributed by atoms with E-state index < -0.39 is 0 Å². The van der Waals surface area contributed by atoms with E-state index in [0.29, 0.717) is 5.02 Å². The van der Waals surface area contributed by atoms with E-state index in [1.165, 1.54) is 0 Å².